The molecule has 1 aromatic heterocycles. The lowest BCUT2D eigenvalue weighted by atomic mass is 10.1. The van der Waals surface area contributed by atoms with E-state index in [0.29, 0.717) is 5.95 Å². The fourth-order valence-electron chi connectivity index (χ4n) is 2.93. The van der Waals surface area contributed by atoms with Crippen LogP contribution in [0.4, 0.5) is 24.8 Å². The minimum absolute atomic E-state index is 0.0644. The number of aromatic nitrogens is 2. The third-order valence-electron chi connectivity index (χ3n) is 4.32. The molecule has 1 N–H and O–H groups in total. The van der Waals surface area contributed by atoms with Crippen LogP contribution in [-0.2, 0) is 6.18 Å². The van der Waals surface area contributed by atoms with Crippen molar-refractivity contribution < 1.29 is 18.0 Å². The quantitative estimate of drug-likeness (QED) is 0.808. The van der Waals surface area contributed by atoms with Gasteiger partial charge < -0.3 is 10.2 Å². The van der Waals surface area contributed by atoms with Crippen molar-refractivity contribution in [1.82, 2.24) is 9.97 Å². The van der Waals surface area contributed by atoms with Crippen LogP contribution in [0.3, 0.4) is 0 Å². The molecule has 1 aromatic carbocycles. The molecule has 0 bridgehead atoms. The molecule has 3 rings (SSSR count). The molecule has 1 amide bonds. The van der Waals surface area contributed by atoms with Crippen molar-refractivity contribution >= 4 is 29.1 Å². The first-order valence-corrected chi connectivity index (χ1v) is 8.97. The second kappa shape index (κ2) is 8.12. The molecule has 1 saturated heterocycles. The second-order valence-corrected chi connectivity index (χ2v) is 6.75. The molecule has 2 aromatic rings. The number of nitrogens with zero attached hydrogens (tertiary/aromatic N) is 3. The standard InChI is InChI=1S/C18H18ClF3N4O/c19-13-5-6-15(14(9-13)18(20,21)22)25-16(27)12-10-23-17(24-11-12)26-7-3-1-2-4-8-26/h5-6,9-11H,1-4,7-8H2,(H,25,27). The fraction of sp³-hybridized carbons (Fsp3) is 0.389. The van der Waals surface area contributed by atoms with Gasteiger partial charge in [0.25, 0.3) is 5.91 Å². The molecule has 1 fully saturated rings. The van der Waals surface area contributed by atoms with Gasteiger partial charge in [-0.3, -0.25) is 4.79 Å². The maximum atomic E-state index is 13.1. The van der Waals surface area contributed by atoms with Crippen molar-refractivity contribution in [3.63, 3.8) is 0 Å². The monoisotopic (exact) mass is 398 g/mol. The molecule has 0 atom stereocenters. The maximum absolute atomic E-state index is 13.1. The van der Waals surface area contributed by atoms with E-state index in [1.807, 2.05) is 0 Å². The van der Waals surface area contributed by atoms with Gasteiger partial charge in [-0.25, -0.2) is 9.97 Å². The van der Waals surface area contributed by atoms with E-state index in [1.165, 1.54) is 31.3 Å². The molecular weight excluding hydrogens is 381 g/mol. The van der Waals surface area contributed by atoms with Crippen molar-refractivity contribution in [3.05, 3.63) is 46.7 Å². The number of hydrogen-bond acceptors (Lipinski definition) is 4. The average Bonchev–Trinajstić information content (AvgIpc) is 2.92. The van der Waals surface area contributed by atoms with Crippen LogP contribution in [0.1, 0.15) is 41.6 Å². The topological polar surface area (TPSA) is 58.1 Å². The minimum Gasteiger partial charge on any atom is -0.341 e. The van der Waals surface area contributed by atoms with Gasteiger partial charge in [-0.1, -0.05) is 24.4 Å². The fourth-order valence-corrected chi connectivity index (χ4v) is 3.10. The zero-order valence-corrected chi connectivity index (χ0v) is 15.1. The van der Waals surface area contributed by atoms with Crippen molar-refractivity contribution in [2.45, 2.75) is 31.9 Å². The molecule has 0 saturated carbocycles. The van der Waals surface area contributed by atoms with Crippen LogP contribution < -0.4 is 10.2 Å². The van der Waals surface area contributed by atoms with Crippen LogP contribution >= 0.6 is 11.6 Å². The summed E-state index contributed by atoms with van der Waals surface area (Å²) >= 11 is 5.64. The molecule has 0 radical (unpaired) electrons. The van der Waals surface area contributed by atoms with Gasteiger partial charge in [0.15, 0.2) is 0 Å². The molecular formula is C18H18ClF3N4O. The summed E-state index contributed by atoms with van der Waals surface area (Å²) in [6, 6.07) is 3.18. The van der Waals surface area contributed by atoms with E-state index in [4.69, 9.17) is 11.6 Å². The average molecular weight is 399 g/mol. The highest BCUT2D eigenvalue weighted by atomic mass is 35.5. The summed E-state index contributed by atoms with van der Waals surface area (Å²) in [5.74, 6) is -0.193. The summed E-state index contributed by atoms with van der Waals surface area (Å²) in [5, 5.41) is 2.19. The van der Waals surface area contributed by atoms with Crippen molar-refractivity contribution in [2.75, 3.05) is 23.3 Å². The Labute approximate surface area is 159 Å². The van der Waals surface area contributed by atoms with Gasteiger partial charge >= 0.3 is 6.18 Å². The van der Waals surface area contributed by atoms with E-state index in [2.05, 4.69) is 20.2 Å². The van der Waals surface area contributed by atoms with Crippen LogP contribution in [0, 0.1) is 0 Å². The Morgan fingerprint density at radius 3 is 2.30 bits per heavy atom. The highest BCUT2D eigenvalue weighted by molar-refractivity contribution is 6.30. The Morgan fingerprint density at radius 1 is 1.07 bits per heavy atom. The van der Waals surface area contributed by atoms with Gasteiger partial charge in [0, 0.05) is 30.5 Å². The number of amides is 1. The predicted molar refractivity (Wildman–Crippen MR) is 97.1 cm³/mol. The van der Waals surface area contributed by atoms with Gasteiger partial charge in [-0.15, -0.1) is 0 Å². The zero-order valence-electron chi connectivity index (χ0n) is 14.4. The number of rotatable bonds is 3. The Kier molecular flexibility index (Phi) is 5.84. The Hall–Kier alpha value is -2.35. The summed E-state index contributed by atoms with van der Waals surface area (Å²) in [6.45, 7) is 1.70. The molecule has 0 spiro atoms. The van der Waals surface area contributed by atoms with E-state index < -0.39 is 17.6 Å². The first-order chi connectivity index (χ1) is 12.8. The first-order valence-electron chi connectivity index (χ1n) is 8.60. The lowest BCUT2D eigenvalue weighted by molar-refractivity contribution is -0.136. The third-order valence-corrected chi connectivity index (χ3v) is 4.56. The summed E-state index contributed by atoms with van der Waals surface area (Å²) in [7, 11) is 0. The van der Waals surface area contributed by atoms with Crippen LogP contribution in [-0.4, -0.2) is 29.0 Å². The lowest BCUT2D eigenvalue weighted by Gasteiger charge is -2.20. The number of benzene rings is 1. The van der Waals surface area contributed by atoms with E-state index in [-0.39, 0.29) is 16.3 Å². The predicted octanol–water partition coefficient (Wildman–Crippen LogP) is 4.78. The molecule has 144 valence electrons. The highest BCUT2D eigenvalue weighted by Crippen LogP contribution is 2.36. The normalized spacial score (nSPS) is 15.3. The van der Waals surface area contributed by atoms with Crippen molar-refractivity contribution in [2.24, 2.45) is 0 Å². The van der Waals surface area contributed by atoms with Crippen molar-refractivity contribution in [1.29, 1.82) is 0 Å². The van der Waals surface area contributed by atoms with Gasteiger partial charge in [0.05, 0.1) is 16.8 Å². The Bertz CT molecular complexity index is 803. The minimum atomic E-state index is -4.64. The Morgan fingerprint density at radius 2 is 1.70 bits per heavy atom. The number of carbonyl (C=O) groups excluding carboxylic acids is 1. The van der Waals surface area contributed by atoms with Crippen LogP contribution in [0.25, 0.3) is 0 Å². The van der Waals surface area contributed by atoms with Gasteiger partial charge in [-0.05, 0) is 31.0 Å². The summed E-state index contributed by atoms with van der Waals surface area (Å²) in [5.41, 5.74) is -1.30. The summed E-state index contributed by atoms with van der Waals surface area (Å²) in [4.78, 5) is 22.8. The lowest BCUT2D eigenvalue weighted by Crippen LogP contribution is -2.26. The Balaban J connectivity index is 1.75. The highest BCUT2D eigenvalue weighted by Gasteiger charge is 2.34. The van der Waals surface area contributed by atoms with Crippen LogP contribution in [0.15, 0.2) is 30.6 Å². The molecule has 2 heterocycles. The molecule has 0 aliphatic carbocycles. The number of carbonyl (C=O) groups is 1. The van der Waals surface area contributed by atoms with Crippen LogP contribution in [0.5, 0.6) is 0 Å². The number of anilines is 2. The molecule has 1 aliphatic rings. The van der Waals surface area contributed by atoms with Gasteiger partial charge in [0.2, 0.25) is 5.95 Å². The first kappa shape index (κ1) is 19.4. The number of hydrogen-bond donors (Lipinski definition) is 1. The molecule has 27 heavy (non-hydrogen) atoms. The van der Waals surface area contributed by atoms with E-state index >= 15 is 0 Å². The van der Waals surface area contributed by atoms with E-state index in [9.17, 15) is 18.0 Å². The molecule has 5 nitrogen and oxygen atoms in total. The number of halogens is 4. The van der Waals surface area contributed by atoms with E-state index in [0.717, 1.165) is 38.1 Å². The van der Waals surface area contributed by atoms with E-state index in [1.54, 1.807) is 0 Å². The van der Waals surface area contributed by atoms with Gasteiger partial charge in [-0.2, -0.15) is 13.2 Å². The second-order valence-electron chi connectivity index (χ2n) is 6.31. The smallest absolute Gasteiger partial charge is 0.341 e. The zero-order chi connectivity index (χ0) is 19.4. The van der Waals surface area contributed by atoms with Gasteiger partial charge in [0.1, 0.15) is 0 Å². The third kappa shape index (κ3) is 4.88. The molecule has 9 heteroatoms. The van der Waals surface area contributed by atoms with Crippen molar-refractivity contribution in [3.8, 4) is 0 Å². The van der Waals surface area contributed by atoms with Crippen LogP contribution in [0.2, 0.25) is 5.02 Å². The largest absolute Gasteiger partial charge is 0.418 e. The molecule has 0 unspecified atom stereocenters. The summed E-state index contributed by atoms with van der Waals surface area (Å²) < 4.78 is 39.4. The number of alkyl halides is 3. The maximum Gasteiger partial charge on any atom is 0.418 e. The molecule has 1 aliphatic heterocycles. The number of nitrogens with one attached hydrogen (secondary N) is 1. The summed E-state index contributed by atoms with van der Waals surface area (Å²) in [6.07, 6.45) is 2.46. The SMILES string of the molecule is O=C(Nc1ccc(Cl)cc1C(F)(F)F)c1cnc(N2CCCCCC2)nc1.